The van der Waals surface area contributed by atoms with Crippen LogP contribution in [-0.2, 0) is 0 Å². The average Bonchev–Trinajstić information content (AvgIpc) is 2.03. The van der Waals surface area contributed by atoms with Crippen molar-refractivity contribution in [2.75, 3.05) is 12.4 Å². The molecule has 1 N–H and O–H groups in total. The molecular formula is C8H10N2O3. The molecule has 70 valence electrons. The first-order valence-electron chi connectivity index (χ1n) is 3.74. The molecule has 5 nitrogen and oxygen atoms in total. The highest BCUT2D eigenvalue weighted by molar-refractivity contribution is 5.52. The number of anilines is 1. The van der Waals surface area contributed by atoms with E-state index in [9.17, 15) is 10.1 Å². The van der Waals surface area contributed by atoms with Gasteiger partial charge in [-0.05, 0) is 30.7 Å². The van der Waals surface area contributed by atoms with Crippen LogP contribution in [-0.4, -0.2) is 12.1 Å². The van der Waals surface area contributed by atoms with Gasteiger partial charge in [0.2, 0.25) is 0 Å². The van der Waals surface area contributed by atoms with E-state index in [2.05, 4.69) is 10.2 Å². The number of aryl methyl sites for hydroxylation is 1. The monoisotopic (exact) mass is 182 g/mol. The quantitative estimate of drug-likeness (QED) is 0.569. The van der Waals surface area contributed by atoms with Gasteiger partial charge in [-0.25, -0.2) is 0 Å². The Labute approximate surface area is 75.4 Å². The van der Waals surface area contributed by atoms with Crippen LogP contribution in [0.3, 0.4) is 0 Å². The maximum Gasteiger partial charge on any atom is 0.299 e. The van der Waals surface area contributed by atoms with E-state index in [0.29, 0.717) is 0 Å². The van der Waals surface area contributed by atoms with Gasteiger partial charge in [0, 0.05) is 12.7 Å². The first-order chi connectivity index (χ1) is 6.13. The van der Waals surface area contributed by atoms with Gasteiger partial charge < -0.3 is 5.32 Å². The highest BCUT2D eigenvalue weighted by atomic mass is 17.0. The van der Waals surface area contributed by atoms with Gasteiger partial charge in [-0.15, -0.1) is 10.1 Å². The molecule has 0 saturated heterocycles. The molecule has 5 heteroatoms. The topological polar surface area (TPSA) is 64.4 Å². The summed E-state index contributed by atoms with van der Waals surface area (Å²) in [4.78, 5) is 14.3. The lowest BCUT2D eigenvalue weighted by atomic mass is 10.2. The first-order valence-corrected chi connectivity index (χ1v) is 3.74. The Morgan fingerprint density at radius 3 is 2.69 bits per heavy atom. The minimum Gasteiger partial charge on any atom is -0.388 e. The Morgan fingerprint density at radius 1 is 1.54 bits per heavy atom. The Morgan fingerprint density at radius 2 is 2.23 bits per heavy atom. The molecule has 0 heterocycles. The van der Waals surface area contributed by atoms with Crippen molar-refractivity contribution in [1.29, 1.82) is 0 Å². The lowest BCUT2D eigenvalue weighted by Crippen LogP contribution is -2.03. The summed E-state index contributed by atoms with van der Waals surface area (Å²) in [6, 6.07) is 4.88. The molecule has 0 aliphatic heterocycles. The SMILES string of the molecule is CNc1ccc(O[N+](=O)[O-])cc1C. The molecule has 0 bridgehead atoms. The lowest BCUT2D eigenvalue weighted by Gasteiger charge is -2.05. The number of nitrogens with zero attached hydrogens (tertiary/aromatic N) is 1. The van der Waals surface area contributed by atoms with E-state index < -0.39 is 5.09 Å². The van der Waals surface area contributed by atoms with E-state index in [4.69, 9.17) is 0 Å². The highest BCUT2D eigenvalue weighted by Gasteiger charge is 2.01. The minimum atomic E-state index is -0.826. The second-order valence-electron chi connectivity index (χ2n) is 2.54. The summed E-state index contributed by atoms with van der Waals surface area (Å²) in [6.07, 6.45) is 0. The first kappa shape index (κ1) is 9.31. The average molecular weight is 182 g/mol. The van der Waals surface area contributed by atoms with Crippen molar-refractivity contribution in [3.8, 4) is 5.75 Å². The molecule has 13 heavy (non-hydrogen) atoms. The van der Waals surface area contributed by atoms with E-state index in [1.165, 1.54) is 0 Å². The van der Waals surface area contributed by atoms with E-state index in [-0.39, 0.29) is 5.75 Å². The zero-order valence-corrected chi connectivity index (χ0v) is 7.40. The van der Waals surface area contributed by atoms with Crippen LogP contribution < -0.4 is 10.2 Å². The molecule has 0 radical (unpaired) electrons. The van der Waals surface area contributed by atoms with Gasteiger partial charge in [-0.2, -0.15) is 0 Å². The van der Waals surface area contributed by atoms with Gasteiger partial charge in [0.1, 0.15) is 5.75 Å². The van der Waals surface area contributed by atoms with Gasteiger partial charge in [0.15, 0.2) is 0 Å². The normalized spacial score (nSPS) is 9.38. The van der Waals surface area contributed by atoms with Crippen LogP contribution in [0.15, 0.2) is 18.2 Å². The van der Waals surface area contributed by atoms with Crippen molar-refractivity contribution >= 4 is 5.69 Å². The predicted molar refractivity (Wildman–Crippen MR) is 48.3 cm³/mol. The molecule has 0 spiro atoms. The van der Waals surface area contributed by atoms with Crippen molar-refractivity contribution < 1.29 is 9.92 Å². The van der Waals surface area contributed by atoms with Crippen LogP contribution in [0.1, 0.15) is 5.56 Å². The maximum atomic E-state index is 10.0. The third kappa shape index (κ3) is 2.33. The number of nitrogens with one attached hydrogen (secondary N) is 1. The van der Waals surface area contributed by atoms with Crippen molar-refractivity contribution in [1.82, 2.24) is 0 Å². The Hall–Kier alpha value is -1.78. The van der Waals surface area contributed by atoms with Crippen LogP contribution in [0, 0.1) is 17.0 Å². The fourth-order valence-electron chi connectivity index (χ4n) is 1.06. The zero-order valence-electron chi connectivity index (χ0n) is 7.40. The molecule has 0 aromatic heterocycles. The number of hydrogen-bond acceptors (Lipinski definition) is 4. The third-order valence-corrected chi connectivity index (χ3v) is 1.65. The Bertz CT molecular complexity index is 325. The largest absolute Gasteiger partial charge is 0.388 e. The summed E-state index contributed by atoms with van der Waals surface area (Å²) >= 11 is 0. The van der Waals surface area contributed by atoms with E-state index in [1.54, 1.807) is 25.2 Å². The molecule has 1 aromatic carbocycles. The molecule has 0 amide bonds. The molecule has 0 unspecified atom stereocenters. The zero-order chi connectivity index (χ0) is 9.84. The van der Waals surface area contributed by atoms with Crippen LogP contribution in [0.4, 0.5) is 5.69 Å². The molecule has 0 aliphatic rings. The smallest absolute Gasteiger partial charge is 0.299 e. The fraction of sp³-hybridized carbons (Fsp3) is 0.250. The standard InChI is InChI=1S/C8H10N2O3/c1-6-5-7(13-10(11)12)3-4-8(6)9-2/h3-5,9H,1-2H3. The summed E-state index contributed by atoms with van der Waals surface area (Å²) in [5, 5.41) is 12.1. The fourth-order valence-corrected chi connectivity index (χ4v) is 1.06. The molecule has 1 aromatic rings. The number of benzene rings is 1. The minimum absolute atomic E-state index is 0.238. The van der Waals surface area contributed by atoms with Gasteiger partial charge in [0.05, 0.1) is 0 Å². The molecule has 1 rings (SSSR count). The summed E-state index contributed by atoms with van der Waals surface area (Å²) < 4.78 is 0. The van der Waals surface area contributed by atoms with Crippen molar-refractivity contribution in [2.24, 2.45) is 0 Å². The van der Waals surface area contributed by atoms with E-state index in [0.717, 1.165) is 11.3 Å². The molecule has 0 atom stereocenters. The van der Waals surface area contributed by atoms with E-state index >= 15 is 0 Å². The van der Waals surface area contributed by atoms with Gasteiger partial charge in [0.25, 0.3) is 5.09 Å². The van der Waals surface area contributed by atoms with Crippen molar-refractivity contribution in [3.05, 3.63) is 33.9 Å². The van der Waals surface area contributed by atoms with Crippen molar-refractivity contribution in [3.63, 3.8) is 0 Å². The second kappa shape index (κ2) is 3.75. The summed E-state index contributed by atoms with van der Waals surface area (Å²) in [5.74, 6) is 0.238. The molecule has 0 fully saturated rings. The van der Waals surface area contributed by atoms with E-state index in [1.807, 2.05) is 6.92 Å². The Balaban J connectivity index is 2.89. The van der Waals surface area contributed by atoms with Crippen LogP contribution in [0.2, 0.25) is 0 Å². The predicted octanol–water partition coefficient (Wildman–Crippen LogP) is 1.61. The van der Waals surface area contributed by atoms with Gasteiger partial charge >= 0.3 is 0 Å². The van der Waals surface area contributed by atoms with Gasteiger partial charge in [-0.3, -0.25) is 4.84 Å². The van der Waals surface area contributed by atoms with Crippen LogP contribution in [0.25, 0.3) is 0 Å². The summed E-state index contributed by atoms with van der Waals surface area (Å²) in [7, 11) is 1.79. The Kier molecular flexibility index (Phi) is 2.69. The highest BCUT2D eigenvalue weighted by Crippen LogP contribution is 2.20. The van der Waals surface area contributed by atoms with Crippen molar-refractivity contribution in [2.45, 2.75) is 6.92 Å². The van der Waals surface area contributed by atoms with Crippen LogP contribution >= 0.6 is 0 Å². The third-order valence-electron chi connectivity index (χ3n) is 1.65. The molecular weight excluding hydrogens is 172 g/mol. The van der Waals surface area contributed by atoms with Gasteiger partial charge in [-0.1, -0.05) is 0 Å². The van der Waals surface area contributed by atoms with Crippen LogP contribution in [0.5, 0.6) is 5.75 Å². The number of hydrogen-bond donors (Lipinski definition) is 1. The summed E-state index contributed by atoms with van der Waals surface area (Å²) in [5.41, 5.74) is 1.83. The molecule has 0 aliphatic carbocycles. The maximum absolute atomic E-state index is 10.0. The number of rotatable bonds is 3. The summed E-state index contributed by atoms with van der Waals surface area (Å²) in [6.45, 7) is 1.85. The lowest BCUT2D eigenvalue weighted by molar-refractivity contribution is -0.711. The molecule has 0 saturated carbocycles. The second-order valence-corrected chi connectivity index (χ2v) is 2.54.